The Bertz CT molecular complexity index is 506. The first-order chi connectivity index (χ1) is 8.43. The van der Waals surface area contributed by atoms with E-state index in [1.807, 2.05) is 30.6 Å². The van der Waals surface area contributed by atoms with Gasteiger partial charge in [0, 0.05) is 18.4 Å². The van der Waals surface area contributed by atoms with Crippen molar-refractivity contribution in [2.45, 2.75) is 18.9 Å². The van der Waals surface area contributed by atoms with Gasteiger partial charge < -0.3 is 10.6 Å². The maximum atomic E-state index is 4.41. The van der Waals surface area contributed by atoms with E-state index >= 15 is 0 Å². The summed E-state index contributed by atoms with van der Waals surface area (Å²) in [7, 11) is 0. The van der Waals surface area contributed by atoms with E-state index in [1.54, 1.807) is 0 Å². The van der Waals surface area contributed by atoms with Crippen LogP contribution in [0.25, 0.3) is 11.0 Å². The average molecular weight is 265 g/mol. The standard InChI is InChI=1S/C13H16N4.ClH/c1-2-11-13(16-6-1)12(5-9-15-11)17-10-3-7-14-8-4-10;/h1-2,5-6,9-10,14H,3-4,7-8H2,(H,15,17);1H. The molecule has 1 aliphatic rings. The lowest BCUT2D eigenvalue weighted by molar-refractivity contribution is 0.479. The Balaban J connectivity index is 0.00000120. The second kappa shape index (κ2) is 5.98. The van der Waals surface area contributed by atoms with Crippen LogP contribution in [0.1, 0.15) is 12.8 Å². The zero-order valence-corrected chi connectivity index (χ0v) is 10.9. The molecular formula is C13H17ClN4. The van der Waals surface area contributed by atoms with Crippen LogP contribution in [-0.4, -0.2) is 29.1 Å². The number of rotatable bonds is 2. The van der Waals surface area contributed by atoms with Crippen LogP contribution in [0.2, 0.25) is 0 Å². The highest BCUT2D eigenvalue weighted by Crippen LogP contribution is 2.21. The summed E-state index contributed by atoms with van der Waals surface area (Å²) >= 11 is 0. The van der Waals surface area contributed by atoms with Gasteiger partial charge in [-0.25, -0.2) is 0 Å². The first-order valence-electron chi connectivity index (χ1n) is 6.10. The first-order valence-corrected chi connectivity index (χ1v) is 6.10. The van der Waals surface area contributed by atoms with E-state index in [-0.39, 0.29) is 12.4 Å². The second-order valence-corrected chi connectivity index (χ2v) is 4.40. The topological polar surface area (TPSA) is 49.8 Å². The molecule has 18 heavy (non-hydrogen) atoms. The number of fused-ring (bicyclic) bond motifs is 1. The van der Waals surface area contributed by atoms with Crippen LogP contribution in [0.15, 0.2) is 30.6 Å². The van der Waals surface area contributed by atoms with Gasteiger partial charge in [-0.05, 0) is 44.1 Å². The second-order valence-electron chi connectivity index (χ2n) is 4.40. The number of hydrogen-bond acceptors (Lipinski definition) is 4. The van der Waals surface area contributed by atoms with E-state index < -0.39 is 0 Å². The molecule has 3 heterocycles. The number of anilines is 1. The molecule has 3 rings (SSSR count). The summed E-state index contributed by atoms with van der Waals surface area (Å²) in [5.74, 6) is 0. The minimum atomic E-state index is 0. The summed E-state index contributed by atoms with van der Waals surface area (Å²) in [6, 6.07) is 6.47. The molecule has 0 aromatic carbocycles. The highest BCUT2D eigenvalue weighted by molar-refractivity contribution is 5.87. The Hall–Kier alpha value is -1.39. The maximum Gasteiger partial charge on any atom is 0.112 e. The molecule has 1 saturated heterocycles. The van der Waals surface area contributed by atoms with Crippen LogP contribution >= 0.6 is 12.4 Å². The number of hydrogen-bond donors (Lipinski definition) is 2. The lowest BCUT2D eigenvalue weighted by Crippen LogP contribution is -2.35. The molecular weight excluding hydrogens is 248 g/mol. The van der Waals surface area contributed by atoms with Gasteiger partial charge in [0.05, 0.1) is 11.2 Å². The zero-order valence-electron chi connectivity index (χ0n) is 10.1. The molecule has 0 atom stereocenters. The van der Waals surface area contributed by atoms with E-state index in [9.17, 15) is 0 Å². The van der Waals surface area contributed by atoms with Crippen molar-refractivity contribution >= 4 is 29.1 Å². The fourth-order valence-corrected chi connectivity index (χ4v) is 2.28. The number of halogens is 1. The first kappa shape index (κ1) is 13.1. The van der Waals surface area contributed by atoms with Gasteiger partial charge >= 0.3 is 0 Å². The van der Waals surface area contributed by atoms with Crippen LogP contribution < -0.4 is 10.6 Å². The predicted octanol–water partition coefficient (Wildman–Crippen LogP) is 2.22. The van der Waals surface area contributed by atoms with Crippen molar-refractivity contribution < 1.29 is 0 Å². The Labute approximate surface area is 113 Å². The van der Waals surface area contributed by atoms with Gasteiger partial charge in [0.25, 0.3) is 0 Å². The lowest BCUT2D eigenvalue weighted by atomic mass is 10.1. The predicted molar refractivity (Wildman–Crippen MR) is 76.3 cm³/mol. The SMILES string of the molecule is Cl.c1cnc2c(NC3CCNCC3)ccnc2c1. The van der Waals surface area contributed by atoms with Gasteiger partial charge in [-0.2, -0.15) is 0 Å². The summed E-state index contributed by atoms with van der Waals surface area (Å²) < 4.78 is 0. The van der Waals surface area contributed by atoms with Crippen molar-refractivity contribution in [1.29, 1.82) is 0 Å². The zero-order chi connectivity index (χ0) is 11.5. The quantitative estimate of drug-likeness (QED) is 0.873. The van der Waals surface area contributed by atoms with Crippen molar-refractivity contribution in [3.63, 3.8) is 0 Å². The number of nitrogens with zero attached hydrogens (tertiary/aromatic N) is 2. The minimum absolute atomic E-state index is 0. The van der Waals surface area contributed by atoms with Crippen molar-refractivity contribution in [1.82, 2.24) is 15.3 Å². The van der Waals surface area contributed by atoms with Crippen molar-refractivity contribution in [3.05, 3.63) is 30.6 Å². The van der Waals surface area contributed by atoms with Crippen molar-refractivity contribution in [2.24, 2.45) is 0 Å². The summed E-state index contributed by atoms with van der Waals surface area (Å²) in [4.78, 5) is 8.73. The molecule has 5 heteroatoms. The van der Waals surface area contributed by atoms with E-state index in [4.69, 9.17) is 0 Å². The smallest absolute Gasteiger partial charge is 0.112 e. The van der Waals surface area contributed by atoms with Gasteiger partial charge in [0.1, 0.15) is 5.52 Å². The largest absolute Gasteiger partial charge is 0.380 e. The molecule has 96 valence electrons. The average Bonchev–Trinajstić information content (AvgIpc) is 2.40. The summed E-state index contributed by atoms with van der Waals surface area (Å²) in [5, 5.41) is 6.95. The van der Waals surface area contributed by atoms with Crippen LogP contribution in [0, 0.1) is 0 Å². The summed E-state index contributed by atoms with van der Waals surface area (Å²) in [6.07, 6.45) is 5.98. The Morgan fingerprint density at radius 1 is 1.11 bits per heavy atom. The van der Waals surface area contributed by atoms with Gasteiger partial charge in [0.15, 0.2) is 0 Å². The van der Waals surface area contributed by atoms with E-state index in [0.29, 0.717) is 6.04 Å². The molecule has 0 radical (unpaired) electrons. The number of pyridine rings is 2. The molecule has 0 amide bonds. The normalized spacial score (nSPS) is 16.2. The van der Waals surface area contributed by atoms with Gasteiger partial charge in [-0.3, -0.25) is 9.97 Å². The van der Waals surface area contributed by atoms with E-state index in [1.165, 1.54) is 0 Å². The molecule has 0 spiro atoms. The third kappa shape index (κ3) is 2.71. The highest BCUT2D eigenvalue weighted by Gasteiger charge is 2.13. The molecule has 0 unspecified atom stereocenters. The van der Waals surface area contributed by atoms with Gasteiger partial charge in [-0.1, -0.05) is 0 Å². The van der Waals surface area contributed by atoms with E-state index in [2.05, 4.69) is 20.6 Å². The Morgan fingerprint density at radius 2 is 1.94 bits per heavy atom. The third-order valence-corrected chi connectivity index (χ3v) is 3.20. The third-order valence-electron chi connectivity index (χ3n) is 3.20. The fraction of sp³-hybridized carbons (Fsp3) is 0.385. The van der Waals surface area contributed by atoms with Crippen LogP contribution in [0.5, 0.6) is 0 Å². The van der Waals surface area contributed by atoms with Crippen molar-refractivity contribution in [2.75, 3.05) is 18.4 Å². The molecule has 1 fully saturated rings. The maximum absolute atomic E-state index is 4.41. The summed E-state index contributed by atoms with van der Waals surface area (Å²) in [6.45, 7) is 2.18. The fourth-order valence-electron chi connectivity index (χ4n) is 2.28. The molecule has 0 saturated carbocycles. The van der Waals surface area contributed by atoms with Crippen LogP contribution in [0.4, 0.5) is 5.69 Å². The Morgan fingerprint density at radius 3 is 2.78 bits per heavy atom. The number of nitrogens with one attached hydrogen (secondary N) is 2. The highest BCUT2D eigenvalue weighted by atomic mass is 35.5. The molecule has 0 bridgehead atoms. The molecule has 4 nitrogen and oxygen atoms in total. The van der Waals surface area contributed by atoms with Crippen LogP contribution in [0.3, 0.4) is 0 Å². The monoisotopic (exact) mass is 264 g/mol. The molecule has 0 aliphatic carbocycles. The van der Waals surface area contributed by atoms with Crippen molar-refractivity contribution in [3.8, 4) is 0 Å². The molecule has 1 aliphatic heterocycles. The minimum Gasteiger partial charge on any atom is -0.380 e. The van der Waals surface area contributed by atoms with E-state index in [0.717, 1.165) is 42.7 Å². The van der Waals surface area contributed by atoms with Gasteiger partial charge in [-0.15, -0.1) is 12.4 Å². The number of piperidine rings is 1. The van der Waals surface area contributed by atoms with Crippen LogP contribution in [-0.2, 0) is 0 Å². The lowest BCUT2D eigenvalue weighted by Gasteiger charge is -2.24. The van der Waals surface area contributed by atoms with Gasteiger partial charge in [0.2, 0.25) is 0 Å². The molecule has 2 N–H and O–H groups in total. The Kier molecular flexibility index (Phi) is 4.33. The number of aromatic nitrogens is 2. The summed E-state index contributed by atoms with van der Waals surface area (Å²) in [5.41, 5.74) is 3.02. The molecule has 2 aromatic heterocycles. The molecule has 2 aromatic rings.